The van der Waals surface area contributed by atoms with Gasteiger partial charge in [0.05, 0.1) is 18.4 Å². The molecule has 2 aliphatic heterocycles. The van der Waals surface area contributed by atoms with E-state index in [2.05, 4.69) is 15.3 Å². The molecule has 2 amide bonds. The van der Waals surface area contributed by atoms with Gasteiger partial charge in [-0.3, -0.25) is 14.5 Å². The molecule has 210 valence electrons. The lowest BCUT2D eigenvalue weighted by molar-refractivity contribution is -0.119. The van der Waals surface area contributed by atoms with Gasteiger partial charge in [0.2, 0.25) is 5.88 Å². The van der Waals surface area contributed by atoms with Crippen molar-refractivity contribution in [2.45, 2.75) is 25.4 Å². The quantitative estimate of drug-likeness (QED) is 0.302. The summed E-state index contributed by atoms with van der Waals surface area (Å²) in [5.41, 5.74) is 0.595. The number of benzene rings is 2. The van der Waals surface area contributed by atoms with Crippen LogP contribution in [0.1, 0.15) is 41.6 Å². The number of rotatable bonds is 7. The first-order valence-electron chi connectivity index (χ1n) is 12.7. The molecule has 41 heavy (non-hydrogen) atoms. The topological polar surface area (TPSA) is 111 Å². The number of amides is 2. The van der Waals surface area contributed by atoms with Crippen LogP contribution in [-0.4, -0.2) is 51.7 Å². The molecule has 2 aromatic carbocycles. The van der Waals surface area contributed by atoms with E-state index in [1.165, 1.54) is 18.2 Å². The Balaban J connectivity index is 1.66. The maximum atomic E-state index is 14.3. The van der Waals surface area contributed by atoms with Crippen molar-refractivity contribution in [1.82, 2.24) is 19.5 Å². The lowest BCUT2D eigenvalue weighted by Gasteiger charge is -2.35. The SMILES string of the molecule is COc1nc(OCCF)ncc1-c1nc2c(n1C(C)C)C1(C(=O)Nc3cc(Cl)ccc31)N(c1cccc(Cl)c1)C2=O. The zero-order chi connectivity index (χ0) is 29.1. The molecule has 2 aromatic heterocycles. The minimum absolute atomic E-state index is 0.0703. The van der Waals surface area contributed by atoms with Crippen molar-refractivity contribution in [3.05, 3.63) is 75.7 Å². The van der Waals surface area contributed by atoms with E-state index < -0.39 is 24.0 Å². The number of aromatic nitrogens is 4. The Morgan fingerprint density at radius 2 is 1.88 bits per heavy atom. The van der Waals surface area contributed by atoms with E-state index in [4.69, 9.17) is 37.7 Å². The lowest BCUT2D eigenvalue weighted by atomic mass is 9.87. The largest absolute Gasteiger partial charge is 0.480 e. The minimum Gasteiger partial charge on any atom is -0.480 e. The number of ether oxygens (including phenoxy) is 2. The Bertz CT molecular complexity index is 1730. The zero-order valence-electron chi connectivity index (χ0n) is 22.1. The first-order valence-corrected chi connectivity index (χ1v) is 13.4. The molecule has 1 spiro atoms. The van der Waals surface area contributed by atoms with Gasteiger partial charge in [-0.15, -0.1) is 0 Å². The third-order valence-electron chi connectivity index (χ3n) is 7.00. The van der Waals surface area contributed by atoms with Crippen LogP contribution in [0.3, 0.4) is 0 Å². The summed E-state index contributed by atoms with van der Waals surface area (Å²) in [6.45, 7) is 2.90. The Morgan fingerprint density at radius 3 is 2.59 bits per heavy atom. The van der Waals surface area contributed by atoms with E-state index in [0.29, 0.717) is 44.1 Å². The number of carbonyl (C=O) groups excluding carboxylic acids is 2. The van der Waals surface area contributed by atoms with Crippen molar-refractivity contribution in [3.63, 3.8) is 0 Å². The number of imidazole rings is 1. The van der Waals surface area contributed by atoms with Gasteiger partial charge in [-0.05, 0) is 44.2 Å². The summed E-state index contributed by atoms with van der Waals surface area (Å²) in [5.74, 6) is -0.528. The van der Waals surface area contributed by atoms with Crippen LogP contribution in [-0.2, 0) is 10.3 Å². The third kappa shape index (κ3) is 3.94. The van der Waals surface area contributed by atoms with Gasteiger partial charge in [0.1, 0.15) is 19.1 Å². The summed E-state index contributed by atoms with van der Waals surface area (Å²) in [6.07, 6.45) is 1.43. The van der Waals surface area contributed by atoms with Crippen molar-refractivity contribution < 1.29 is 23.5 Å². The smallest absolute Gasteiger partial charge is 0.319 e. The highest BCUT2D eigenvalue weighted by Gasteiger charge is 2.64. The Labute approximate surface area is 244 Å². The fourth-order valence-corrected chi connectivity index (χ4v) is 5.85. The van der Waals surface area contributed by atoms with Gasteiger partial charge in [0, 0.05) is 39.2 Å². The van der Waals surface area contributed by atoms with Crippen molar-refractivity contribution in [3.8, 4) is 23.3 Å². The first-order chi connectivity index (χ1) is 19.7. The van der Waals surface area contributed by atoms with Crippen LogP contribution in [0.15, 0.2) is 48.7 Å². The summed E-state index contributed by atoms with van der Waals surface area (Å²) in [7, 11) is 1.42. The molecule has 6 rings (SSSR count). The maximum absolute atomic E-state index is 14.3. The van der Waals surface area contributed by atoms with Gasteiger partial charge in [-0.1, -0.05) is 35.3 Å². The summed E-state index contributed by atoms with van der Waals surface area (Å²) in [4.78, 5) is 43.2. The van der Waals surface area contributed by atoms with E-state index >= 15 is 0 Å². The fourth-order valence-electron chi connectivity index (χ4n) is 5.50. The first kappa shape index (κ1) is 27.0. The van der Waals surface area contributed by atoms with Crippen LogP contribution in [0.5, 0.6) is 11.9 Å². The van der Waals surface area contributed by atoms with Crippen LogP contribution in [0.25, 0.3) is 11.4 Å². The maximum Gasteiger partial charge on any atom is 0.319 e. The van der Waals surface area contributed by atoms with Crippen molar-refractivity contribution in [2.75, 3.05) is 30.6 Å². The van der Waals surface area contributed by atoms with Crippen molar-refractivity contribution in [2.24, 2.45) is 0 Å². The van der Waals surface area contributed by atoms with Gasteiger partial charge in [-0.2, -0.15) is 4.98 Å². The highest BCUT2D eigenvalue weighted by Crippen LogP contribution is 2.54. The summed E-state index contributed by atoms with van der Waals surface area (Å²) in [5, 5.41) is 3.75. The highest BCUT2D eigenvalue weighted by molar-refractivity contribution is 6.32. The number of carbonyl (C=O) groups is 2. The molecule has 4 aromatic rings. The number of halogens is 3. The minimum atomic E-state index is -1.63. The van der Waals surface area contributed by atoms with Gasteiger partial charge in [0.15, 0.2) is 11.2 Å². The summed E-state index contributed by atoms with van der Waals surface area (Å²) < 4.78 is 25.2. The molecule has 4 heterocycles. The number of nitrogens with one attached hydrogen (secondary N) is 1. The van der Waals surface area contributed by atoms with Crippen LogP contribution in [0, 0.1) is 0 Å². The third-order valence-corrected chi connectivity index (χ3v) is 7.47. The van der Waals surface area contributed by atoms with Crippen molar-refractivity contribution in [1.29, 1.82) is 0 Å². The Morgan fingerprint density at radius 1 is 1.10 bits per heavy atom. The van der Waals surface area contributed by atoms with Gasteiger partial charge in [0.25, 0.3) is 11.8 Å². The Kier molecular flexibility index (Phi) is 6.58. The molecule has 1 atom stereocenters. The van der Waals surface area contributed by atoms with Crippen molar-refractivity contribution >= 4 is 46.4 Å². The molecule has 0 bridgehead atoms. The number of hydrogen-bond acceptors (Lipinski definition) is 7. The molecule has 2 aliphatic rings. The van der Waals surface area contributed by atoms with Crippen LogP contribution < -0.4 is 19.7 Å². The number of fused-ring (bicyclic) bond motifs is 4. The monoisotopic (exact) mass is 596 g/mol. The molecule has 1 unspecified atom stereocenters. The average molecular weight is 597 g/mol. The molecule has 13 heteroatoms. The molecule has 0 radical (unpaired) electrons. The number of anilines is 2. The molecular weight excluding hydrogens is 574 g/mol. The second-order valence-corrected chi connectivity index (χ2v) is 10.6. The van der Waals surface area contributed by atoms with Crippen LogP contribution in [0.2, 0.25) is 10.0 Å². The van der Waals surface area contributed by atoms with E-state index in [-0.39, 0.29) is 30.2 Å². The van der Waals surface area contributed by atoms with E-state index in [0.717, 1.165) is 0 Å². The van der Waals surface area contributed by atoms with Gasteiger partial charge >= 0.3 is 6.01 Å². The van der Waals surface area contributed by atoms with E-state index in [1.807, 2.05) is 18.4 Å². The Hall–Kier alpha value is -4.22. The average Bonchev–Trinajstić information content (AvgIpc) is 3.55. The van der Waals surface area contributed by atoms with E-state index in [9.17, 15) is 14.0 Å². The molecule has 0 saturated heterocycles. The lowest BCUT2D eigenvalue weighted by Crippen LogP contribution is -2.51. The number of nitrogens with zero attached hydrogens (tertiary/aromatic N) is 5. The zero-order valence-corrected chi connectivity index (χ0v) is 23.6. The molecular formula is C28H23Cl2FN6O4. The predicted molar refractivity (Wildman–Crippen MR) is 151 cm³/mol. The second-order valence-electron chi connectivity index (χ2n) is 9.68. The molecule has 0 fully saturated rings. The van der Waals surface area contributed by atoms with Gasteiger partial charge < -0.3 is 19.4 Å². The predicted octanol–water partition coefficient (Wildman–Crippen LogP) is 5.44. The standard InChI is InChI=1S/C28H23Cl2FN6O4/c1-14(2)36-22-21(34-23(36)18-13-32-27(41-10-9-31)35-24(18)40-3)25(38)37(17-6-4-5-15(29)11-17)28(22)19-8-7-16(30)12-20(19)33-26(28)39/h4-8,11-14H,9-10H2,1-3H3,(H,33,39). The van der Waals surface area contributed by atoms with Gasteiger partial charge in [-0.25, -0.2) is 14.4 Å². The highest BCUT2D eigenvalue weighted by atomic mass is 35.5. The number of alkyl halides is 1. The normalized spacial score (nSPS) is 17.3. The molecule has 1 N–H and O–H groups in total. The number of methoxy groups -OCH3 is 1. The van der Waals surface area contributed by atoms with Crippen LogP contribution >= 0.6 is 23.2 Å². The summed E-state index contributed by atoms with van der Waals surface area (Å²) >= 11 is 12.6. The molecule has 0 aliphatic carbocycles. The molecule has 0 saturated carbocycles. The summed E-state index contributed by atoms with van der Waals surface area (Å²) in [6, 6.07) is 11.4. The fraction of sp³-hybridized carbons (Fsp3) is 0.250. The van der Waals surface area contributed by atoms with E-state index in [1.54, 1.807) is 42.5 Å². The molecule has 10 nitrogen and oxygen atoms in total. The van der Waals surface area contributed by atoms with Crippen LogP contribution in [0.4, 0.5) is 15.8 Å². The number of hydrogen-bond donors (Lipinski definition) is 1. The second kappa shape index (κ2) is 10.0.